The number of benzene rings is 2. The number of nitrogens with one attached hydrogen (secondary N) is 4. The molecule has 9 heteroatoms. The van der Waals surface area contributed by atoms with Crippen molar-refractivity contribution in [1.82, 2.24) is 20.9 Å². The molecule has 0 aliphatic carbocycles. The van der Waals surface area contributed by atoms with Gasteiger partial charge in [0.1, 0.15) is 10.7 Å². The van der Waals surface area contributed by atoms with Crippen LogP contribution in [-0.4, -0.2) is 22.0 Å². The molecule has 0 radical (unpaired) electrons. The van der Waals surface area contributed by atoms with E-state index in [1.165, 1.54) is 12.3 Å². The van der Waals surface area contributed by atoms with Crippen molar-refractivity contribution >= 4 is 35.2 Å². The summed E-state index contributed by atoms with van der Waals surface area (Å²) < 4.78 is 0. The number of aromatic amines is 1. The first-order chi connectivity index (χ1) is 15.0. The van der Waals surface area contributed by atoms with E-state index in [-0.39, 0.29) is 16.4 Å². The molecule has 0 atom stereocenters. The lowest BCUT2D eigenvalue weighted by Crippen LogP contribution is -2.38. The largest absolute Gasteiger partial charge is 0.317 e. The number of allylic oxidation sites excluding steroid dienone is 2. The quantitative estimate of drug-likeness (QED) is 0.259. The van der Waals surface area contributed by atoms with Gasteiger partial charge in [0.25, 0.3) is 17.4 Å². The minimum atomic E-state index is -0.654. The van der Waals surface area contributed by atoms with Crippen LogP contribution in [0.2, 0.25) is 5.02 Å². The predicted molar refractivity (Wildman–Crippen MR) is 119 cm³/mol. The minimum absolute atomic E-state index is 0.0255. The molecule has 1 aromatic heterocycles. The van der Waals surface area contributed by atoms with Gasteiger partial charge in [-0.05, 0) is 23.8 Å². The average molecular weight is 436 g/mol. The van der Waals surface area contributed by atoms with Crippen molar-refractivity contribution in [3.63, 3.8) is 0 Å². The zero-order valence-corrected chi connectivity index (χ0v) is 16.9. The highest BCUT2D eigenvalue weighted by Gasteiger charge is 2.14. The molecule has 4 N–H and O–H groups in total. The van der Waals surface area contributed by atoms with Gasteiger partial charge in [-0.2, -0.15) is 5.10 Å². The van der Waals surface area contributed by atoms with Crippen LogP contribution in [0.4, 0.5) is 5.69 Å². The van der Waals surface area contributed by atoms with E-state index in [0.29, 0.717) is 5.56 Å². The van der Waals surface area contributed by atoms with Crippen LogP contribution in [0, 0.1) is 0 Å². The molecular formula is C22H18ClN5O3. The van der Waals surface area contributed by atoms with Crippen molar-refractivity contribution in [1.29, 1.82) is 0 Å². The van der Waals surface area contributed by atoms with Gasteiger partial charge in [0.2, 0.25) is 0 Å². The molecule has 31 heavy (non-hydrogen) atoms. The number of carbonyl (C=O) groups excluding carboxylic acids is 2. The van der Waals surface area contributed by atoms with Crippen LogP contribution in [0.15, 0.2) is 89.5 Å². The van der Waals surface area contributed by atoms with Crippen molar-refractivity contribution < 1.29 is 9.59 Å². The molecule has 0 saturated heterocycles. The summed E-state index contributed by atoms with van der Waals surface area (Å²) in [5, 5.41) is 8.19. The molecule has 3 aromatic rings. The van der Waals surface area contributed by atoms with Crippen LogP contribution in [0.5, 0.6) is 0 Å². The molecule has 0 spiro atoms. The first-order valence-corrected chi connectivity index (χ1v) is 9.52. The first-order valence-electron chi connectivity index (χ1n) is 9.14. The van der Waals surface area contributed by atoms with Crippen molar-refractivity contribution in [2.75, 3.05) is 5.43 Å². The molecule has 0 aliphatic rings. The molecule has 2 amide bonds. The molecule has 0 unspecified atom stereocenters. The zero-order valence-electron chi connectivity index (χ0n) is 16.1. The van der Waals surface area contributed by atoms with Crippen LogP contribution < -0.4 is 21.7 Å². The Bertz CT molecular complexity index is 1170. The Balaban J connectivity index is 1.78. The third kappa shape index (κ3) is 6.15. The molecular weight excluding hydrogens is 418 g/mol. The molecule has 0 aliphatic heterocycles. The SMILES string of the molecule is O=C(NNc1cn[nH]c(=O)c1Cl)/C(=C\C=C\c1ccccc1)NC(=O)c1ccccc1. The third-order valence-corrected chi connectivity index (χ3v) is 4.36. The monoisotopic (exact) mass is 435 g/mol. The zero-order chi connectivity index (χ0) is 22.1. The number of nitrogens with zero attached hydrogens (tertiary/aromatic N) is 1. The summed E-state index contributed by atoms with van der Waals surface area (Å²) in [5.74, 6) is -1.11. The number of amides is 2. The Morgan fingerprint density at radius 2 is 1.68 bits per heavy atom. The Labute approximate surface area is 182 Å². The normalized spacial score (nSPS) is 11.2. The van der Waals surface area contributed by atoms with Crippen LogP contribution in [0.3, 0.4) is 0 Å². The number of carbonyl (C=O) groups is 2. The van der Waals surface area contributed by atoms with Crippen molar-refractivity contribution in [2.45, 2.75) is 0 Å². The Morgan fingerprint density at radius 1 is 1.00 bits per heavy atom. The van der Waals surface area contributed by atoms with E-state index in [9.17, 15) is 14.4 Å². The van der Waals surface area contributed by atoms with E-state index in [4.69, 9.17) is 11.6 Å². The number of hydrazine groups is 1. The van der Waals surface area contributed by atoms with Crippen LogP contribution >= 0.6 is 11.6 Å². The van der Waals surface area contributed by atoms with E-state index in [0.717, 1.165) is 5.56 Å². The molecule has 156 valence electrons. The highest BCUT2D eigenvalue weighted by molar-refractivity contribution is 6.32. The van der Waals surface area contributed by atoms with E-state index in [2.05, 4.69) is 26.4 Å². The third-order valence-electron chi connectivity index (χ3n) is 3.99. The average Bonchev–Trinajstić information content (AvgIpc) is 2.80. The fraction of sp³-hybridized carbons (Fsp3) is 0. The topological polar surface area (TPSA) is 116 Å². The van der Waals surface area contributed by atoms with E-state index in [1.807, 2.05) is 30.3 Å². The van der Waals surface area contributed by atoms with Gasteiger partial charge in [0.15, 0.2) is 0 Å². The molecule has 0 bridgehead atoms. The highest BCUT2D eigenvalue weighted by Crippen LogP contribution is 2.13. The Kier molecular flexibility index (Phi) is 7.34. The number of halogens is 1. The summed E-state index contributed by atoms with van der Waals surface area (Å²) in [4.78, 5) is 36.7. The predicted octanol–water partition coefficient (Wildman–Crippen LogP) is 2.89. The first kappa shape index (κ1) is 21.5. The maximum absolute atomic E-state index is 12.7. The molecule has 0 saturated carbocycles. The number of hydrogen-bond acceptors (Lipinski definition) is 5. The van der Waals surface area contributed by atoms with E-state index in [1.54, 1.807) is 42.5 Å². The summed E-state index contributed by atoms with van der Waals surface area (Å²) in [6.07, 6.45) is 6.12. The van der Waals surface area contributed by atoms with Gasteiger partial charge in [0, 0.05) is 5.56 Å². The number of aromatic nitrogens is 2. The fourth-order valence-corrected chi connectivity index (χ4v) is 2.58. The van der Waals surface area contributed by atoms with E-state index < -0.39 is 17.4 Å². The second-order valence-electron chi connectivity index (χ2n) is 6.18. The highest BCUT2D eigenvalue weighted by atomic mass is 35.5. The van der Waals surface area contributed by atoms with Crippen molar-refractivity contribution in [3.05, 3.63) is 111 Å². The minimum Gasteiger partial charge on any atom is -0.317 e. The van der Waals surface area contributed by atoms with Gasteiger partial charge < -0.3 is 5.32 Å². The number of hydrogen-bond donors (Lipinski definition) is 4. The lowest BCUT2D eigenvalue weighted by atomic mass is 10.2. The summed E-state index contributed by atoms with van der Waals surface area (Å²) >= 11 is 5.88. The maximum Gasteiger partial charge on any atom is 0.286 e. The van der Waals surface area contributed by atoms with Crippen molar-refractivity contribution in [3.8, 4) is 0 Å². The fourth-order valence-electron chi connectivity index (χ4n) is 2.44. The maximum atomic E-state index is 12.7. The standard InChI is InChI=1S/C22H18ClN5O3/c23-19-18(14-24-27-22(19)31)26-28-21(30)17(13-7-10-15-8-3-1-4-9-15)25-20(29)16-11-5-2-6-12-16/h1-14H,(H,25,29)(H,28,30)(H2,26,27,31)/b10-7+,17-13+. The van der Waals surface area contributed by atoms with Crippen LogP contribution in [0.1, 0.15) is 15.9 Å². The van der Waals surface area contributed by atoms with Gasteiger partial charge in [0.05, 0.1) is 11.9 Å². The summed E-state index contributed by atoms with van der Waals surface area (Å²) in [6, 6.07) is 17.9. The Morgan fingerprint density at radius 3 is 2.39 bits per heavy atom. The Hall–Kier alpha value is -4.17. The second-order valence-corrected chi connectivity index (χ2v) is 6.55. The summed E-state index contributed by atoms with van der Waals surface area (Å²) in [6.45, 7) is 0. The van der Waals surface area contributed by atoms with E-state index >= 15 is 0 Å². The molecule has 8 nitrogen and oxygen atoms in total. The number of rotatable bonds is 7. The number of anilines is 1. The lowest BCUT2D eigenvalue weighted by molar-refractivity contribution is -0.117. The molecule has 3 rings (SSSR count). The van der Waals surface area contributed by atoms with Gasteiger partial charge in [-0.15, -0.1) is 0 Å². The molecule has 2 aromatic carbocycles. The van der Waals surface area contributed by atoms with Gasteiger partial charge in [-0.3, -0.25) is 25.2 Å². The summed E-state index contributed by atoms with van der Waals surface area (Å²) in [7, 11) is 0. The van der Waals surface area contributed by atoms with Gasteiger partial charge in [-0.25, -0.2) is 5.10 Å². The molecule has 0 fully saturated rings. The smallest absolute Gasteiger partial charge is 0.286 e. The lowest BCUT2D eigenvalue weighted by Gasteiger charge is -2.12. The van der Waals surface area contributed by atoms with Crippen LogP contribution in [-0.2, 0) is 4.79 Å². The second kappa shape index (κ2) is 10.6. The summed E-state index contributed by atoms with van der Waals surface area (Å²) in [5.41, 5.74) is 5.70. The number of H-pyrrole nitrogens is 1. The van der Waals surface area contributed by atoms with Crippen LogP contribution in [0.25, 0.3) is 6.08 Å². The molecule has 1 heterocycles. The van der Waals surface area contributed by atoms with Crippen molar-refractivity contribution in [2.24, 2.45) is 0 Å². The van der Waals surface area contributed by atoms with Gasteiger partial charge in [-0.1, -0.05) is 72.3 Å². The van der Waals surface area contributed by atoms with Gasteiger partial charge >= 0.3 is 0 Å².